The second-order valence-electron chi connectivity index (χ2n) is 6.29. The smallest absolute Gasteiger partial charge is 0.341 e. The number of carboxylic acids is 1. The van der Waals surface area contributed by atoms with Gasteiger partial charge in [0.05, 0.1) is 6.54 Å². The molecule has 0 aliphatic rings. The second kappa shape index (κ2) is 10.3. The van der Waals surface area contributed by atoms with Crippen LogP contribution < -0.4 is 10.1 Å². The van der Waals surface area contributed by atoms with E-state index < -0.39 is 12.6 Å². The third kappa shape index (κ3) is 8.74. The summed E-state index contributed by atoms with van der Waals surface area (Å²) >= 11 is 0. The number of rotatable bonds is 10. The third-order valence-corrected chi connectivity index (χ3v) is 3.52. The fraction of sp³-hybridized carbons (Fsp3) is 0.500. The number of carbonyl (C=O) groups excluding carboxylic acids is 2. The first-order valence-corrected chi connectivity index (χ1v) is 8.22. The monoisotopic (exact) mass is 350 g/mol. The van der Waals surface area contributed by atoms with Crippen LogP contribution in [0, 0.1) is 5.92 Å². The summed E-state index contributed by atoms with van der Waals surface area (Å²) in [6, 6.07) is 6.85. The number of amides is 2. The van der Waals surface area contributed by atoms with Gasteiger partial charge in [-0.2, -0.15) is 0 Å². The van der Waals surface area contributed by atoms with E-state index in [1.807, 2.05) is 13.8 Å². The molecule has 0 unspecified atom stereocenters. The number of hydrogen-bond donors (Lipinski definition) is 2. The van der Waals surface area contributed by atoms with E-state index in [1.54, 1.807) is 31.3 Å². The topological polar surface area (TPSA) is 95.9 Å². The fourth-order valence-corrected chi connectivity index (χ4v) is 2.02. The number of ether oxygens (including phenoxy) is 1. The summed E-state index contributed by atoms with van der Waals surface area (Å²) in [6.45, 7) is 4.07. The molecular formula is C18H26N2O5. The summed E-state index contributed by atoms with van der Waals surface area (Å²) in [4.78, 5) is 35.7. The molecule has 0 heterocycles. The van der Waals surface area contributed by atoms with Crippen molar-refractivity contribution in [1.29, 1.82) is 0 Å². The van der Waals surface area contributed by atoms with Crippen molar-refractivity contribution < 1.29 is 24.2 Å². The Bertz CT molecular complexity index is 584. The van der Waals surface area contributed by atoms with Gasteiger partial charge in [-0.25, -0.2) is 4.79 Å². The minimum atomic E-state index is -1.04. The molecule has 0 saturated carbocycles. The van der Waals surface area contributed by atoms with Crippen molar-refractivity contribution in [3.05, 3.63) is 29.8 Å². The first-order chi connectivity index (χ1) is 11.8. The van der Waals surface area contributed by atoms with Gasteiger partial charge in [0.25, 0.3) is 0 Å². The van der Waals surface area contributed by atoms with Crippen molar-refractivity contribution >= 4 is 17.8 Å². The summed E-state index contributed by atoms with van der Waals surface area (Å²) in [6.07, 6.45) is 1.22. The average molecular weight is 350 g/mol. The fourth-order valence-electron chi connectivity index (χ4n) is 2.02. The van der Waals surface area contributed by atoms with Gasteiger partial charge in [-0.05, 0) is 30.0 Å². The molecule has 25 heavy (non-hydrogen) atoms. The molecule has 0 saturated heterocycles. The molecule has 0 bridgehead atoms. The van der Waals surface area contributed by atoms with Crippen molar-refractivity contribution in [3.8, 4) is 5.75 Å². The van der Waals surface area contributed by atoms with Gasteiger partial charge in [-0.1, -0.05) is 26.0 Å². The molecular weight excluding hydrogens is 324 g/mol. The normalized spacial score (nSPS) is 10.4. The summed E-state index contributed by atoms with van der Waals surface area (Å²) in [7, 11) is 1.66. The van der Waals surface area contributed by atoms with Crippen LogP contribution in [0.25, 0.3) is 0 Å². The molecule has 1 aromatic carbocycles. The lowest BCUT2D eigenvalue weighted by atomic mass is 10.1. The van der Waals surface area contributed by atoms with Crippen LogP contribution >= 0.6 is 0 Å². The molecule has 0 radical (unpaired) electrons. The van der Waals surface area contributed by atoms with Crippen LogP contribution in [0.4, 0.5) is 0 Å². The number of benzene rings is 1. The number of likely N-dealkylation sites (N-methyl/N-ethyl adjacent to an activating group) is 1. The summed E-state index contributed by atoms with van der Waals surface area (Å²) in [5.41, 5.74) is 0.879. The van der Waals surface area contributed by atoms with Crippen molar-refractivity contribution in [2.45, 2.75) is 33.2 Å². The zero-order valence-electron chi connectivity index (χ0n) is 14.9. The van der Waals surface area contributed by atoms with Gasteiger partial charge >= 0.3 is 5.97 Å². The quantitative estimate of drug-likeness (QED) is 0.669. The molecule has 1 aromatic rings. The molecule has 0 aromatic heterocycles. The Kier molecular flexibility index (Phi) is 8.46. The number of carboxylic acid groups (broad SMARTS) is 1. The lowest BCUT2D eigenvalue weighted by molar-refractivity contribution is -0.139. The molecule has 0 atom stereocenters. The van der Waals surface area contributed by atoms with E-state index in [0.717, 1.165) is 12.0 Å². The summed E-state index contributed by atoms with van der Waals surface area (Å²) in [5.74, 6) is -0.423. The molecule has 0 spiro atoms. The summed E-state index contributed by atoms with van der Waals surface area (Å²) < 4.78 is 5.05. The molecule has 7 heteroatoms. The molecule has 138 valence electrons. The molecule has 0 aliphatic carbocycles. The Morgan fingerprint density at radius 1 is 1.20 bits per heavy atom. The third-order valence-electron chi connectivity index (χ3n) is 3.52. The zero-order chi connectivity index (χ0) is 18.8. The number of nitrogens with zero attached hydrogens (tertiary/aromatic N) is 1. The van der Waals surface area contributed by atoms with Gasteiger partial charge in [0.1, 0.15) is 5.75 Å². The van der Waals surface area contributed by atoms with Gasteiger partial charge in [0.15, 0.2) is 6.61 Å². The Morgan fingerprint density at radius 2 is 1.84 bits per heavy atom. The van der Waals surface area contributed by atoms with Gasteiger partial charge in [-0.3, -0.25) is 9.59 Å². The van der Waals surface area contributed by atoms with Crippen LogP contribution in [0.5, 0.6) is 5.75 Å². The highest BCUT2D eigenvalue weighted by Gasteiger charge is 2.11. The minimum absolute atomic E-state index is 0.0206. The number of carbonyl (C=O) groups is 3. The highest BCUT2D eigenvalue weighted by atomic mass is 16.5. The first-order valence-electron chi connectivity index (χ1n) is 8.22. The number of aliphatic carboxylic acids is 1. The van der Waals surface area contributed by atoms with Crippen molar-refractivity contribution in [1.82, 2.24) is 10.2 Å². The lowest BCUT2D eigenvalue weighted by Gasteiger charge is -2.18. The van der Waals surface area contributed by atoms with Crippen molar-refractivity contribution in [3.63, 3.8) is 0 Å². The second-order valence-corrected chi connectivity index (χ2v) is 6.29. The van der Waals surface area contributed by atoms with E-state index in [-0.39, 0.29) is 18.4 Å². The van der Waals surface area contributed by atoms with Crippen molar-refractivity contribution in [2.75, 3.05) is 20.2 Å². The molecule has 1 rings (SSSR count). The van der Waals surface area contributed by atoms with Crippen LogP contribution in [0.2, 0.25) is 0 Å². The van der Waals surface area contributed by atoms with Crippen molar-refractivity contribution in [2.24, 2.45) is 5.92 Å². The highest BCUT2D eigenvalue weighted by Crippen LogP contribution is 2.13. The van der Waals surface area contributed by atoms with E-state index >= 15 is 0 Å². The number of hydrogen-bond acceptors (Lipinski definition) is 4. The predicted octanol–water partition coefficient (Wildman–Crippen LogP) is 1.66. The maximum absolute atomic E-state index is 12.1. The Labute approximate surface area is 148 Å². The van der Waals surface area contributed by atoms with E-state index in [1.165, 1.54) is 4.90 Å². The minimum Gasteiger partial charge on any atom is -0.482 e. The summed E-state index contributed by atoms with van der Waals surface area (Å²) in [5, 5.41) is 11.2. The van der Waals surface area contributed by atoms with E-state index in [0.29, 0.717) is 24.6 Å². The molecule has 0 aliphatic heterocycles. The van der Waals surface area contributed by atoms with Gasteiger partial charge in [0.2, 0.25) is 11.8 Å². The Balaban J connectivity index is 2.39. The molecule has 0 fully saturated rings. The van der Waals surface area contributed by atoms with Gasteiger partial charge in [-0.15, -0.1) is 0 Å². The van der Waals surface area contributed by atoms with Crippen LogP contribution in [0.15, 0.2) is 24.3 Å². The first kappa shape index (κ1) is 20.5. The average Bonchev–Trinajstić information content (AvgIpc) is 2.57. The van der Waals surface area contributed by atoms with Crippen LogP contribution in [0.1, 0.15) is 32.3 Å². The number of nitrogens with one attached hydrogen (secondary N) is 1. The maximum atomic E-state index is 12.1. The van der Waals surface area contributed by atoms with E-state index in [2.05, 4.69) is 5.32 Å². The van der Waals surface area contributed by atoms with E-state index in [4.69, 9.17) is 9.84 Å². The predicted molar refractivity (Wildman–Crippen MR) is 93.1 cm³/mol. The van der Waals surface area contributed by atoms with Crippen LogP contribution in [-0.2, 0) is 20.9 Å². The molecule has 2 amide bonds. The highest BCUT2D eigenvalue weighted by molar-refractivity contribution is 5.84. The Morgan fingerprint density at radius 3 is 2.40 bits per heavy atom. The van der Waals surface area contributed by atoms with Gasteiger partial charge < -0.3 is 20.1 Å². The Hall–Kier alpha value is -2.57. The van der Waals surface area contributed by atoms with Crippen LogP contribution in [0.3, 0.4) is 0 Å². The molecule has 2 N–H and O–H groups in total. The SMILES string of the molecule is CC(C)CCC(=O)NCC(=O)N(C)Cc1ccc(OCC(=O)O)cc1. The maximum Gasteiger partial charge on any atom is 0.341 e. The standard InChI is InChI=1S/C18H26N2O5/c1-13(2)4-9-16(21)19-10-17(22)20(3)11-14-5-7-15(8-6-14)25-12-18(23)24/h5-8,13H,4,9-12H2,1-3H3,(H,19,21)(H,23,24). The molecule has 7 nitrogen and oxygen atoms in total. The van der Waals surface area contributed by atoms with Gasteiger partial charge in [0, 0.05) is 20.0 Å². The zero-order valence-corrected chi connectivity index (χ0v) is 14.9. The lowest BCUT2D eigenvalue weighted by Crippen LogP contribution is -2.37. The largest absolute Gasteiger partial charge is 0.482 e. The van der Waals surface area contributed by atoms with E-state index in [9.17, 15) is 14.4 Å². The van der Waals surface area contributed by atoms with Crippen LogP contribution in [-0.4, -0.2) is 48.0 Å².